The fraction of sp³-hybridized carbons (Fsp3) is 0.421. The zero-order chi connectivity index (χ0) is 17.6. The Balaban J connectivity index is 2.15. The summed E-state index contributed by atoms with van der Waals surface area (Å²) in [4.78, 5) is 11.6. The van der Waals surface area contributed by atoms with E-state index in [9.17, 15) is 9.90 Å². The summed E-state index contributed by atoms with van der Waals surface area (Å²) in [6.45, 7) is 3.93. The van der Waals surface area contributed by atoms with E-state index >= 15 is 0 Å². The van der Waals surface area contributed by atoms with E-state index in [1.54, 1.807) is 0 Å². The molecule has 5 nitrogen and oxygen atoms in total. The molecular formula is C19H24O5. The molecule has 1 aromatic rings. The van der Waals surface area contributed by atoms with Crippen LogP contribution < -0.4 is 0 Å². The van der Waals surface area contributed by atoms with Crippen molar-refractivity contribution in [3.8, 4) is 12.3 Å². The standard InChI is InChI=1S/C19H24O5/c1-3-5-11-18(17(20)4-2)23-13-12-19(21)24-15-22-14-16-9-7-6-8-10-16/h1,4,6-10,17-18,20H,2,5,11-15H2/t17-,18+/m1/s1. The Labute approximate surface area is 143 Å². The lowest BCUT2D eigenvalue weighted by molar-refractivity contribution is -0.159. The predicted octanol–water partition coefficient (Wildman–Crippen LogP) is 2.44. The highest BCUT2D eigenvalue weighted by molar-refractivity contribution is 5.69. The van der Waals surface area contributed by atoms with Crippen molar-refractivity contribution >= 4 is 5.97 Å². The molecule has 0 amide bonds. The Morgan fingerprint density at radius 2 is 2.12 bits per heavy atom. The second kappa shape index (κ2) is 12.3. The summed E-state index contributed by atoms with van der Waals surface area (Å²) in [7, 11) is 0. The van der Waals surface area contributed by atoms with Crippen LogP contribution in [0.2, 0.25) is 0 Å². The van der Waals surface area contributed by atoms with Gasteiger partial charge in [0.25, 0.3) is 0 Å². The Hall–Kier alpha value is -2.13. The molecule has 0 unspecified atom stereocenters. The quantitative estimate of drug-likeness (QED) is 0.209. The summed E-state index contributed by atoms with van der Waals surface area (Å²) >= 11 is 0. The molecule has 2 atom stereocenters. The minimum absolute atomic E-state index is 0.0745. The van der Waals surface area contributed by atoms with Gasteiger partial charge < -0.3 is 19.3 Å². The number of aliphatic hydroxyl groups excluding tert-OH is 1. The van der Waals surface area contributed by atoms with Gasteiger partial charge in [0.2, 0.25) is 0 Å². The number of carbonyl (C=O) groups excluding carboxylic acids is 1. The average molecular weight is 332 g/mol. The van der Waals surface area contributed by atoms with Crippen molar-refractivity contribution in [2.24, 2.45) is 0 Å². The Morgan fingerprint density at radius 3 is 2.79 bits per heavy atom. The Morgan fingerprint density at radius 1 is 1.38 bits per heavy atom. The zero-order valence-electron chi connectivity index (χ0n) is 13.7. The second-order valence-electron chi connectivity index (χ2n) is 5.10. The molecule has 0 bridgehead atoms. The van der Waals surface area contributed by atoms with Gasteiger partial charge in [-0.05, 0) is 12.0 Å². The van der Waals surface area contributed by atoms with Crippen molar-refractivity contribution < 1.29 is 24.1 Å². The highest BCUT2D eigenvalue weighted by Gasteiger charge is 2.17. The van der Waals surface area contributed by atoms with Crippen molar-refractivity contribution in [2.45, 2.75) is 38.1 Å². The summed E-state index contributed by atoms with van der Waals surface area (Å²) in [5.74, 6) is 2.07. The van der Waals surface area contributed by atoms with E-state index in [-0.39, 0.29) is 19.8 Å². The van der Waals surface area contributed by atoms with Crippen molar-refractivity contribution in [1.29, 1.82) is 0 Å². The molecule has 0 aliphatic rings. The van der Waals surface area contributed by atoms with Crippen LogP contribution in [0.3, 0.4) is 0 Å². The summed E-state index contributed by atoms with van der Waals surface area (Å²) in [5.41, 5.74) is 1.01. The van der Waals surface area contributed by atoms with E-state index < -0.39 is 18.2 Å². The van der Waals surface area contributed by atoms with Gasteiger partial charge in [-0.25, -0.2) is 0 Å². The molecule has 1 rings (SSSR count). The maximum atomic E-state index is 11.6. The third-order valence-electron chi connectivity index (χ3n) is 3.25. The largest absolute Gasteiger partial charge is 0.438 e. The second-order valence-corrected chi connectivity index (χ2v) is 5.10. The number of terminal acetylenes is 1. The first kappa shape index (κ1) is 19.9. The molecule has 0 aliphatic heterocycles. The van der Waals surface area contributed by atoms with E-state index in [0.29, 0.717) is 19.4 Å². The molecular weight excluding hydrogens is 308 g/mol. The molecule has 0 saturated carbocycles. The smallest absolute Gasteiger partial charge is 0.310 e. The van der Waals surface area contributed by atoms with E-state index in [2.05, 4.69) is 12.5 Å². The number of hydrogen-bond acceptors (Lipinski definition) is 5. The number of ether oxygens (including phenoxy) is 3. The minimum atomic E-state index is -0.816. The van der Waals surface area contributed by atoms with Crippen molar-refractivity contribution in [1.82, 2.24) is 0 Å². The maximum absolute atomic E-state index is 11.6. The van der Waals surface area contributed by atoms with E-state index in [1.807, 2.05) is 30.3 Å². The lowest BCUT2D eigenvalue weighted by Gasteiger charge is -2.20. The molecule has 0 spiro atoms. The van der Waals surface area contributed by atoms with Crippen LogP contribution in [0.5, 0.6) is 0 Å². The summed E-state index contributed by atoms with van der Waals surface area (Å²) < 4.78 is 15.7. The van der Waals surface area contributed by atoms with Crippen LogP contribution in [0.1, 0.15) is 24.8 Å². The molecule has 0 fully saturated rings. The lowest BCUT2D eigenvalue weighted by Crippen LogP contribution is -2.28. The predicted molar refractivity (Wildman–Crippen MR) is 90.8 cm³/mol. The van der Waals surface area contributed by atoms with Gasteiger partial charge in [0.15, 0.2) is 6.79 Å². The molecule has 24 heavy (non-hydrogen) atoms. The number of carbonyl (C=O) groups is 1. The van der Waals surface area contributed by atoms with Crippen LogP contribution in [0, 0.1) is 12.3 Å². The SMILES string of the molecule is C#CCC[C@H](OCCC(=O)OCOCc1ccccc1)[C@H](O)C=C. The molecule has 0 saturated heterocycles. The van der Waals surface area contributed by atoms with Gasteiger partial charge in [-0.1, -0.05) is 36.4 Å². The number of benzene rings is 1. The van der Waals surface area contributed by atoms with E-state index in [1.165, 1.54) is 6.08 Å². The molecule has 5 heteroatoms. The first-order chi connectivity index (χ1) is 11.7. The third-order valence-corrected chi connectivity index (χ3v) is 3.25. The molecule has 0 aliphatic carbocycles. The number of aliphatic hydroxyl groups is 1. The summed E-state index contributed by atoms with van der Waals surface area (Å²) in [5, 5.41) is 9.74. The molecule has 130 valence electrons. The third kappa shape index (κ3) is 8.49. The maximum Gasteiger partial charge on any atom is 0.310 e. The fourth-order valence-corrected chi connectivity index (χ4v) is 1.94. The molecule has 0 heterocycles. The molecule has 1 aromatic carbocycles. The number of rotatable bonds is 12. The Bertz CT molecular complexity index is 520. The number of esters is 1. The van der Waals surface area contributed by atoms with Gasteiger partial charge in [0.05, 0.1) is 31.8 Å². The van der Waals surface area contributed by atoms with E-state index in [4.69, 9.17) is 20.6 Å². The van der Waals surface area contributed by atoms with Gasteiger partial charge in [-0.2, -0.15) is 0 Å². The van der Waals surface area contributed by atoms with Gasteiger partial charge in [-0.3, -0.25) is 4.79 Å². The van der Waals surface area contributed by atoms with Gasteiger partial charge in [-0.15, -0.1) is 18.9 Å². The molecule has 0 radical (unpaired) electrons. The first-order valence-corrected chi connectivity index (χ1v) is 7.80. The summed E-state index contributed by atoms with van der Waals surface area (Å²) in [6, 6.07) is 9.60. The zero-order valence-corrected chi connectivity index (χ0v) is 13.7. The fourth-order valence-electron chi connectivity index (χ4n) is 1.94. The normalized spacial score (nSPS) is 12.8. The average Bonchev–Trinajstić information content (AvgIpc) is 2.61. The Kier molecular flexibility index (Phi) is 10.2. The van der Waals surface area contributed by atoms with Gasteiger partial charge >= 0.3 is 5.97 Å². The summed E-state index contributed by atoms with van der Waals surface area (Å²) in [6.07, 6.45) is 6.36. The van der Waals surface area contributed by atoms with E-state index in [0.717, 1.165) is 5.56 Å². The van der Waals surface area contributed by atoms with Crippen LogP contribution in [0.15, 0.2) is 43.0 Å². The van der Waals surface area contributed by atoms with Crippen LogP contribution >= 0.6 is 0 Å². The first-order valence-electron chi connectivity index (χ1n) is 7.80. The van der Waals surface area contributed by atoms with Gasteiger partial charge in [0.1, 0.15) is 0 Å². The molecule has 0 aromatic heterocycles. The van der Waals surface area contributed by atoms with Crippen LogP contribution in [-0.4, -0.2) is 36.7 Å². The van der Waals surface area contributed by atoms with Crippen LogP contribution in [0.4, 0.5) is 0 Å². The highest BCUT2D eigenvalue weighted by atomic mass is 16.7. The molecule has 1 N–H and O–H groups in total. The minimum Gasteiger partial charge on any atom is -0.438 e. The van der Waals surface area contributed by atoms with Crippen molar-refractivity contribution in [3.63, 3.8) is 0 Å². The highest BCUT2D eigenvalue weighted by Crippen LogP contribution is 2.09. The van der Waals surface area contributed by atoms with Crippen LogP contribution in [-0.2, 0) is 25.6 Å². The van der Waals surface area contributed by atoms with Crippen molar-refractivity contribution in [3.05, 3.63) is 48.6 Å². The van der Waals surface area contributed by atoms with Crippen molar-refractivity contribution in [2.75, 3.05) is 13.4 Å². The topological polar surface area (TPSA) is 65.0 Å². The van der Waals surface area contributed by atoms with Gasteiger partial charge in [0, 0.05) is 6.42 Å². The monoisotopic (exact) mass is 332 g/mol. The lowest BCUT2D eigenvalue weighted by atomic mass is 10.1. The van der Waals surface area contributed by atoms with Crippen LogP contribution in [0.25, 0.3) is 0 Å². The number of hydrogen-bond donors (Lipinski definition) is 1.